The van der Waals surface area contributed by atoms with Crippen molar-refractivity contribution in [1.82, 2.24) is 10.1 Å². The monoisotopic (exact) mass is 353 g/mol. The van der Waals surface area contributed by atoms with E-state index in [9.17, 15) is 9.18 Å². The summed E-state index contributed by atoms with van der Waals surface area (Å²) in [7, 11) is 1.75. The van der Waals surface area contributed by atoms with Gasteiger partial charge in [0.2, 0.25) is 17.6 Å². The summed E-state index contributed by atoms with van der Waals surface area (Å²) in [5.41, 5.74) is 3.85. The molecule has 0 saturated carbocycles. The van der Waals surface area contributed by atoms with Crippen LogP contribution in [-0.2, 0) is 11.2 Å². The van der Waals surface area contributed by atoms with Gasteiger partial charge >= 0.3 is 0 Å². The van der Waals surface area contributed by atoms with Gasteiger partial charge in [0.25, 0.3) is 0 Å². The van der Waals surface area contributed by atoms with Crippen LogP contribution in [-0.4, -0.2) is 23.1 Å². The molecule has 1 aromatic heterocycles. The molecule has 0 aliphatic rings. The molecular weight excluding hydrogens is 333 g/mol. The Kier molecular flexibility index (Phi) is 5.11. The van der Waals surface area contributed by atoms with Crippen molar-refractivity contribution in [3.05, 3.63) is 65.3 Å². The van der Waals surface area contributed by atoms with Gasteiger partial charge in [-0.3, -0.25) is 4.79 Å². The van der Waals surface area contributed by atoms with Gasteiger partial charge in [-0.2, -0.15) is 4.98 Å². The van der Waals surface area contributed by atoms with E-state index in [0.717, 1.165) is 11.3 Å². The van der Waals surface area contributed by atoms with Crippen LogP contribution < -0.4 is 4.90 Å². The normalized spacial score (nSPS) is 10.8. The zero-order valence-electron chi connectivity index (χ0n) is 15.0. The minimum absolute atomic E-state index is 0.0326. The van der Waals surface area contributed by atoms with Crippen LogP contribution in [0.5, 0.6) is 0 Å². The van der Waals surface area contributed by atoms with Crippen LogP contribution in [0.4, 0.5) is 10.1 Å². The Bertz CT molecular complexity index is 919. The lowest BCUT2D eigenvalue weighted by Crippen LogP contribution is -2.26. The Morgan fingerprint density at radius 3 is 2.54 bits per heavy atom. The SMILES string of the molecule is Cc1ccc(N(C)C(=O)CCc2nc(-c3ccc(F)cc3)no2)cc1C. The minimum Gasteiger partial charge on any atom is -0.339 e. The van der Waals surface area contributed by atoms with E-state index in [-0.39, 0.29) is 18.1 Å². The number of hydrogen-bond donors (Lipinski definition) is 0. The number of carbonyl (C=O) groups is 1. The van der Waals surface area contributed by atoms with Crippen molar-refractivity contribution in [2.24, 2.45) is 0 Å². The van der Waals surface area contributed by atoms with E-state index < -0.39 is 0 Å². The van der Waals surface area contributed by atoms with Crippen molar-refractivity contribution in [1.29, 1.82) is 0 Å². The highest BCUT2D eigenvalue weighted by Crippen LogP contribution is 2.20. The van der Waals surface area contributed by atoms with Crippen molar-refractivity contribution in [3.8, 4) is 11.4 Å². The van der Waals surface area contributed by atoms with Gasteiger partial charge in [-0.1, -0.05) is 11.2 Å². The molecule has 5 nitrogen and oxygen atoms in total. The van der Waals surface area contributed by atoms with Gasteiger partial charge in [-0.05, 0) is 61.4 Å². The van der Waals surface area contributed by atoms with Gasteiger partial charge in [0.05, 0.1) is 0 Å². The molecule has 0 atom stereocenters. The molecule has 0 spiro atoms. The molecule has 0 aliphatic heterocycles. The zero-order valence-corrected chi connectivity index (χ0v) is 15.0. The number of carbonyl (C=O) groups excluding carboxylic acids is 1. The topological polar surface area (TPSA) is 59.2 Å². The predicted octanol–water partition coefficient (Wildman–Crippen LogP) is 4.09. The summed E-state index contributed by atoms with van der Waals surface area (Å²) in [5, 5.41) is 3.88. The Hall–Kier alpha value is -3.02. The molecule has 0 aliphatic carbocycles. The molecule has 6 heteroatoms. The van der Waals surface area contributed by atoms with Crippen molar-refractivity contribution in [2.45, 2.75) is 26.7 Å². The van der Waals surface area contributed by atoms with Gasteiger partial charge in [0.1, 0.15) is 5.82 Å². The van der Waals surface area contributed by atoms with E-state index in [2.05, 4.69) is 10.1 Å². The van der Waals surface area contributed by atoms with Gasteiger partial charge in [-0.25, -0.2) is 4.39 Å². The summed E-state index contributed by atoms with van der Waals surface area (Å²) < 4.78 is 18.2. The molecule has 26 heavy (non-hydrogen) atoms. The van der Waals surface area contributed by atoms with Crippen molar-refractivity contribution in [3.63, 3.8) is 0 Å². The molecule has 2 aromatic carbocycles. The number of benzene rings is 2. The summed E-state index contributed by atoms with van der Waals surface area (Å²) in [6, 6.07) is 11.8. The van der Waals surface area contributed by atoms with Crippen LogP contribution in [0.2, 0.25) is 0 Å². The van der Waals surface area contributed by atoms with E-state index in [1.807, 2.05) is 32.0 Å². The Morgan fingerprint density at radius 2 is 1.85 bits per heavy atom. The molecule has 0 fully saturated rings. The molecule has 0 N–H and O–H groups in total. The smallest absolute Gasteiger partial charge is 0.227 e. The second-order valence-electron chi connectivity index (χ2n) is 6.24. The molecule has 1 amide bonds. The van der Waals surface area contributed by atoms with Crippen LogP contribution in [0.1, 0.15) is 23.4 Å². The maximum absolute atomic E-state index is 13.0. The van der Waals surface area contributed by atoms with Crippen molar-refractivity contribution < 1.29 is 13.7 Å². The van der Waals surface area contributed by atoms with Crippen LogP contribution in [0, 0.1) is 19.7 Å². The number of halogens is 1. The van der Waals surface area contributed by atoms with Gasteiger partial charge in [-0.15, -0.1) is 0 Å². The first-order valence-corrected chi connectivity index (χ1v) is 8.36. The van der Waals surface area contributed by atoms with Gasteiger partial charge in [0.15, 0.2) is 0 Å². The number of anilines is 1. The third kappa shape index (κ3) is 3.96. The first-order chi connectivity index (χ1) is 12.4. The molecule has 1 heterocycles. The second kappa shape index (κ2) is 7.47. The van der Waals surface area contributed by atoms with Gasteiger partial charge in [0, 0.05) is 31.1 Å². The van der Waals surface area contributed by atoms with Crippen molar-refractivity contribution in [2.75, 3.05) is 11.9 Å². The quantitative estimate of drug-likeness (QED) is 0.693. The molecule has 3 aromatic rings. The van der Waals surface area contributed by atoms with Gasteiger partial charge < -0.3 is 9.42 Å². The fourth-order valence-corrected chi connectivity index (χ4v) is 2.53. The fraction of sp³-hybridized carbons (Fsp3) is 0.250. The molecule has 0 radical (unpaired) electrons. The summed E-state index contributed by atoms with van der Waals surface area (Å²) in [5.74, 6) is 0.411. The lowest BCUT2D eigenvalue weighted by molar-refractivity contribution is -0.118. The molecule has 3 rings (SSSR count). The number of aryl methyl sites for hydroxylation is 3. The summed E-state index contributed by atoms with van der Waals surface area (Å²) in [4.78, 5) is 18.3. The Morgan fingerprint density at radius 1 is 1.12 bits per heavy atom. The van der Waals surface area contributed by atoms with E-state index in [0.29, 0.717) is 23.7 Å². The summed E-state index contributed by atoms with van der Waals surface area (Å²) in [6.07, 6.45) is 0.608. The average molecular weight is 353 g/mol. The number of hydrogen-bond acceptors (Lipinski definition) is 4. The number of nitrogens with zero attached hydrogens (tertiary/aromatic N) is 3. The molecule has 0 saturated heterocycles. The van der Waals surface area contributed by atoms with Crippen LogP contribution in [0.3, 0.4) is 0 Å². The molecular formula is C20H20FN3O2. The van der Waals surface area contributed by atoms with E-state index in [1.54, 1.807) is 24.1 Å². The number of aromatic nitrogens is 2. The lowest BCUT2D eigenvalue weighted by Gasteiger charge is -2.18. The third-order valence-electron chi connectivity index (χ3n) is 4.38. The highest BCUT2D eigenvalue weighted by Gasteiger charge is 2.15. The lowest BCUT2D eigenvalue weighted by atomic mass is 10.1. The maximum atomic E-state index is 13.0. The summed E-state index contributed by atoms with van der Waals surface area (Å²) in [6.45, 7) is 4.06. The first-order valence-electron chi connectivity index (χ1n) is 8.36. The van der Waals surface area contributed by atoms with E-state index >= 15 is 0 Å². The fourth-order valence-electron chi connectivity index (χ4n) is 2.53. The first kappa shape index (κ1) is 17.8. The van der Waals surface area contributed by atoms with Crippen LogP contribution in [0.15, 0.2) is 47.0 Å². The Labute approximate surface area is 151 Å². The molecule has 0 unspecified atom stereocenters. The highest BCUT2D eigenvalue weighted by atomic mass is 19.1. The van der Waals surface area contributed by atoms with Crippen molar-refractivity contribution >= 4 is 11.6 Å². The van der Waals surface area contributed by atoms with Crippen LogP contribution >= 0.6 is 0 Å². The maximum Gasteiger partial charge on any atom is 0.227 e. The van der Waals surface area contributed by atoms with E-state index in [1.165, 1.54) is 17.7 Å². The number of rotatable bonds is 5. The van der Waals surface area contributed by atoms with E-state index in [4.69, 9.17) is 4.52 Å². The summed E-state index contributed by atoms with van der Waals surface area (Å²) >= 11 is 0. The highest BCUT2D eigenvalue weighted by molar-refractivity contribution is 5.93. The van der Waals surface area contributed by atoms with Crippen LogP contribution in [0.25, 0.3) is 11.4 Å². The second-order valence-corrected chi connectivity index (χ2v) is 6.24. The molecule has 134 valence electrons. The standard InChI is InChI=1S/C20H20FN3O2/c1-13-4-9-17(12-14(13)2)24(3)19(25)11-10-18-22-20(23-26-18)15-5-7-16(21)8-6-15/h4-9,12H,10-11H2,1-3H3. The minimum atomic E-state index is -0.322. The largest absolute Gasteiger partial charge is 0.339 e. The number of amides is 1. The predicted molar refractivity (Wildman–Crippen MR) is 97.3 cm³/mol. The third-order valence-corrected chi connectivity index (χ3v) is 4.38. The Balaban J connectivity index is 1.62. The zero-order chi connectivity index (χ0) is 18.7. The molecule has 0 bridgehead atoms. The average Bonchev–Trinajstić information content (AvgIpc) is 3.11.